The number of aromatic nitrogens is 3. The smallest absolute Gasteiger partial charge is 0.263 e. The lowest BCUT2D eigenvalue weighted by Crippen LogP contribution is -1.86. The number of anilines is 1. The van der Waals surface area contributed by atoms with Crippen molar-refractivity contribution in [1.82, 2.24) is 14.5 Å². The molecule has 0 atom stereocenters. The molecule has 6 nitrogen and oxygen atoms in total. The third kappa shape index (κ3) is 1.60. The van der Waals surface area contributed by atoms with E-state index in [-0.39, 0.29) is 0 Å². The summed E-state index contributed by atoms with van der Waals surface area (Å²) in [5.74, 6) is 1.62. The van der Waals surface area contributed by atoms with Crippen LogP contribution in [-0.4, -0.2) is 14.5 Å². The van der Waals surface area contributed by atoms with Gasteiger partial charge in [-0.05, 0) is 31.4 Å². The third-order valence-corrected chi connectivity index (χ3v) is 3.39. The highest BCUT2D eigenvalue weighted by Gasteiger charge is 2.19. The minimum absolute atomic E-state index is 0.384. The number of rotatable bonds is 2. The summed E-state index contributed by atoms with van der Waals surface area (Å²) in [6.45, 7) is 3.70. The lowest BCUT2D eigenvalue weighted by Gasteiger charge is -1.91. The van der Waals surface area contributed by atoms with Crippen molar-refractivity contribution < 1.29 is 8.94 Å². The molecule has 0 aromatic carbocycles. The summed E-state index contributed by atoms with van der Waals surface area (Å²) in [5, 5.41) is 4.51. The molecule has 0 radical (unpaired) electrons. The molecule has 2 N–H and O–H groups in total. The SMILES string of the molecule is Cc1nsc(N)c1-c1nc(-c2ccoc2C)no1. The van der Waals surface area contributed by atoms with Gasteiger partial charge in [0.15, 0.2) is 0 Å². The van der Waals surface area contributed by atoms with E-state index in [2.05, 4.69) is 14.5 Å². The number of aryl methyl sites for hydroxylation is 2. The van der Waals surface area contributed by atoms with Crippen LogP contribution in [0.1, 0.15) is 11.5 Å². The van der Waals surface area contributed by atoms with Gasteiger partial charge in [0.25, 0.3) is 5.89 Å². The van der Waals surface area contributed by atoms with Gasteiger partial charge in [-0.25, -0.2) is 0 Å². The summed E-state index contributed by atoms with van der Waals surface area (Å²) in [7, 11) is 0. The normalized spacial score (nSPS) is 11.0. The molecule has 7 heteroatoms. The van der Waals surface area contributed by atoms with Gasteiger partial charge in [-0.2, -0.15) is 9.36 Å². The number of nitrogen functional groups attached to an aromatic ring is 1. The van der Waals surface area contributed by atoms with Crippen LogP contribution in [0.4, 0.5) is 5.00 Å². The summed E-state index contributed by atoms with van der Waals surface area (Å²) in [5.41, 5.74) is 8.15. The molecule has 0 fully saturated rings. The van der Waals surface area contributed by atoms with Crippen molar-refractivity contribution in [2.45, 2.75) is 13.8 Å². The van der Waals surface area contributed by atoms with Crippen LogP contribution >= 0.6 is 11.5 Å². The molecule has 92 valence electrons. The summed E-state index contributed by atoms with van der Waals surface area (Å²) in [4.78, 5) is 4.33. The Hall–Kier alpha value is -2.15. The Morgan fingerprint density at radius 2 is 2.17 bits per heavy atom. The Balaban J connectivity index is 2.08. The third-order valence-electron chi connectivity index (χ3n) is 2.63. The predicted molar refractivity (Wildman–Crippen MR) is 67.0 cm³/mol. The monoisotopic (exact) mass is 262 g/mol. The summed E-state index contributed by atoms with van der Waals surface area (Å²) < 4.78 is 14.6. The molecule has 0 aliphatic rings. The van der Waals surface area contributed by atoms with Crippen LogP contribution in [0.5, 0.6) is 0 Å². The quantitative estimate of drug-likeness (QED) is 0.763. The first-order valence-corrected chi connectivity index (χ1v) is 6.04. The first-order valence-electron chi connectivity index (χ1n) is 5.27. The van der Waals surface area contributed by atoms with E-state index in [0.29, 0.717) is 22.3 Å². The average Bonchev–Trinajstić information content (AvgIpc) is 3.00. The number of furan rings is 1. The van der Waals surface area contributed by atoms with E-state index in [1.165, 1.54) is 11.5 Å². The highest BCUT2D eigenvalue weighted by Crippen LogP contribution is 2.32. The van der Waals surface area contributed by atoms with Gasteiger partial charge in [-0.15, -0.1) is 0 Å². The maximum atomic E-state index is 5.84. The molecule has 0 unspecified atom stereocenters. The lowest BCUT2D eigenvalue weighted by molar-refractivity contribution is 0.432. The van der Waals surface area contributed by atoms with E-state index in [0.717, 1.165) is 17.0 Å². The second kappa shape index (κ2) is 3.95. The average molecular weight is 262 g/mol. The van der Waals surface area contributed by atoms with Crippen LogP contribution in [0.25, 0.3) is 22.8 Å². The Morgan fingerprint density at radius 1 is 1.33 bits per heavy atom. The molecule has 0 saturated carbocycles. The van der Waals surface area contributed by atoms with Crippen LogP contribution in [0.15, 0.2) is 21.3 Å². The van der Waals surface area contributed by atoms with Crippen LogP contribution < -0.4 is 5.73 Å². The van der Waals surface area contributed by atoms with E-state index >= 15 is 0 Å². The molecule has 3 aromatic rings. The lowest BCUT2D eigenvalue weighted by atomic mass is 10.2. The zero-order chi connectivity index (χ0) is 12.7. The Bertz CT molecular complexity index is 678. The number of hydrogen-bond acceptors (Lipinski definition) is 7. The molecular formula is C11H10N4O2S. The molecule has 0 amide bonds. The molecule has 0 bridgehead atoms. The molecule has 3 aromatic heterocycles. The molecule has 0 saturated heterocycles. The minimum Gasteiger partial charge on any atom is -0.469 e. The molecule has 18 heavy (non-hydrogen) atoms. The van der Waals surface area contributed by atoms with E-state index in [1.54, 1.807) is 12.3 Å². The Morgan fingerprint density at radius 3 is 2.78 bits per heavy atom. The van der Waals surface area contributed by atoms with Crippen LogP contribution in [-0.2, 0) is 0 Å². The fraction of sp³-hybridized carbons (Fsp3) is 0.182. The van der Waals surface area contributed by atoms with E-state index in [9.17, 15) is 0 Å². The summed E-state index contributed by atoms with van der Waals surface area (Å²) in [6, 6.07) is 1.80. The van der Waals surface area contributed by atoms with Crippen molar-refractivity contribution in [2.24, 2.45) is 0 Å². The second-order valence-electron chi connectivity index (χ2n) is 3.82. The van der Waals surface area contributed by atoms with Gasteiger partial charge < -0.3 is 14.7 Å². The van der Waals surface area contributed by atoms with Crippen LogP contribution in [0, 0.1) is 13.8 Å². The van der Waals surface area contributed by atoms with Crippen LogP contribution in [0.3, 0.4) is 0 Å². The molecular weight excluding hydrogens is 252 g/mol. The first-order chi connectivity index (χ1) is 8.66. The van der Waals surface area contributed by atoms with Gasteiger partial charge in [0.1, 0.15) is 10.8 Å². The highest BCUT2D eigenvalue weighted by atomic mass is 32.1. The topological polar surface area (TPSA) is 91.0 Å². The zero-order valence-corrected chi connectivity index (χ0v) is 10.6. The molecule has 0 aliphatic carbocycles. The second-order valence-corrected chi connectivity index (χ2v) is 4.63. The van der Waals surface area contributed by atoms with Gasteiger partial charge in [0, 0.05) is 0 Å². The maximum Gasteiger partial charge on any atom is 0.263 e. The molecule has 3 heterocycles. The Kier molecular flexibility index (Phi) is 2.41. The molecule has 3 rings (SSSR count). The minimum atomic E-state index is 0.384. The largest absolute Gasteiger partial charge is 0.469 e. The van der Waals surface area contributed by atoms with Crippen LogP contribution in [0.2, 0.25) is 0 Å². The number of nitrogens with two attached hydrogens (primary N) is 1. The van der Waals surface area contributed by atoms with Gasteiger partial charge in [0.05, 0.1) is 23.1 Å². The molecule has 0 aliphatic heterocycles. The molecule has 0 spiro atoms. The predicted octanol–water partition coefficient (Wildman–Crippen LogP) is 2.65. The highest BCUT2D eigenvalue weighted by molar-refractivity contribution is 7.10. The van der Waals surface area contributed by atoms with Crippen molar-refractivity contribution in [1.29, 1.82) is 0 Å². The maximum absolute atomic E-state index is 5.84. The van der Waals surface area contributed by atoms with Crippen molar-refractivity contribution in [3.8, 4) is 22.8 Å². The summed E-state index contributed by atoms with van der Waals surface area (Å²) >= 11 is 1.22. The standard InChI is InChI=1S/C11H10N4O2S/c1-5-8(9(12)18-15-5)11-13-10(14-17-11)7-3-4-16-6(7)2/h3-4H,12H2,1-2H3. The number of nitrogens with zero attached hydrogens (tertiary/aromatic N) is 3. The summed E-state index contributed by atoms with van der Waals surface area (Å²) in [6.07, 6.45) is 1.59. The zero-order valence-electron chi connectivity index (χ0n) is 9.80. The van der Waals surface area contributed by atoms with Gasteiger partial charge >= 0.3 is 0 Å². The van der Waals surface area contributed by atoms with Gasteiger partial charge in [0.2, 0.25) is 5.82 Å². The van der Waals surface area contributed by atoms with Crippen molar-refractivity contribution in [3.63, 3.8) is 0 Å². The first kappa shape index (κ1) is 11.0. The van der Waals surface area contributed by atoms with E-state index in [1.807, 2.05) is 13.8 Å². The van der Waals surface area contributed by atoms with Gasteiger partial charge in [-0.1, -0.05) is 5.16 Å². The number of hydrogen-bond donors (Lipinski definition) is 1. The fourth-order valence-corrected chi connectivity index (χ4v) is 2.35. The van der Waals surface area contributed by atoms with Gasteiger partial charge in [-0.3, -0.25) is 0 Å². The van der Waals surface area contributed by atoms with Crippen molar-refractivity contribution in [3.05, 3.63) is 23.8 Å². The van der Waals surface area contributed by atoms with E-state index in [4.69, 9.17) is 14.7 Å². The fourth-order valence-electron chi connectivity index (χ4n) is 1.70. The van der Waals surface area contributed by atoms with Crippen molar-refractivity contribution in [2.75, 3.05) is 5.73 Å². The van der Waals surface area contributed by atoms with Crippen molar-refractivity contribution >= 4 is 16.5 Å². The van der Waals surface area contributed by atoms with E-state index < -0.39 is 0 Å². The Labute approximate surface area is 107 Å².